The maximum atomic E-state index is 11.8. The second-order valence-corrected chi connectivity index (χ2v) is 4.88. The number of rotatable bonds is 8. The van der Waals surface area contributed by atoms with Crippen LogP contribution in [-0.2, 0) is 9.53 Å². The lowest BCUT2D eigenvalue weighted by Crippen LogP contribution is -2.36. The van der Waals surface area contributed by atoms with Crippen LogP contribution in [0.15, 0.2) is 12.3 Å². The molecule has 23 heavy (non-hydrogen) atoms. The summed E-state index contributed by atoms with van der Waals surface area (Å²) >= 11 is 0. The molecule has 0 aliphatic heterocycles. The van der Waals surface area contributed by atoms with Crippen molar-refractivity contribution >= 4 is 23.4 Å². The standard InChI is InChI=1S/C14H19N3O6/c1-4-8(3)10(13(18)19)16-12-11(17(21)22)9(6-7-15-12)14(20)23-5-2/h6-8,10H,4-5H2,1-3H3,(H,15,16)(H,18,19)/t8-,10-/m0/s1. The van der Waals surface area contributed by atoms with Gasteiger partial charge >= 0.3 is 17.6 Å². The Hall–Kier alpha value is -2.71. The summed E-state index contributed by atoms with van der Waals surface area (Å²) in [5.74, 6) is -2.58. The van der Waals surface area contributed by atoms with Crippen LogP contribution in [0, 0.1) is 16.0 Å². The Bertz CT molecular complexity index is 604. The predicted octanol–water partition coefficient (Wildman–Crippen LogP) is 2.08. The lowest BCUT2D eigenvalue weighted by Gasteiger charge is -2.20. The van der Waals surface area contributed by atoms with Gasteiger partial charge in [0.05, 0.1) is 11.5 Å². The van der Waals surface area contributed by atoms with Crippen LogP contribution in [0.25, 0.3) is 0 Å². The summed E-state index contributed by atoms with van der Waals surface area (Å²) in [7, 11) is 0. The number of carbonyl (C=O) groups excluding carboxylic acids is 1. The highest BCUT2D eigenvalue weighted by atomic mass is 16.6. The van der Waals surface area contributed by atoms with Gasteiger partial charge in [0, 0.05) is 6.20 Å². The molecule has 2 N–H and O–H groups in total. The third-order valence-corrected chi connectivity index (χ3v) is 3.37. The maximum absolute atomic E-state index is 11.8. The minimum absolute atomic E-state index is 0.0612. The van der Waals surface area contributed by atoms with Gasteiger partial charge in [0.1, 0.15) is 11.6 Å². The number of aliphatic carboxylic acids is 1. The number of carboxylic acid groups (broad SMARTS) is 1. The molecular formula is C14H19N3O6. The zero-order valence-corrected chi connectivity index (χ0v) is 13.1. The summed E-state index contributed by atoms with van der Waals surface area (Å²) in [6.07, 6.45) is 1.74. The maximum Gasteiger partial charge on any atom is 0.345 e. The van der Waals surface area contributed by atoms with E-state index >= 15 is 0 Å². The van der Waals surface area contributed by atoms with E-state index in [1.54, 1.807) is 20.8 Å². The monoisotopic (exact) mass is 325 g/mol. The van der Waals surface area contributed by atoms with Crippen molar-refractivity contribution in [3.8, 4) is 0 Å². The average Bonchev–Trinajstić information content (AvgIpc) is 2.51. The Morgan fingerprint density at radius 3 is 2.61 bits per heavy atom. The van der Waals surface area contributed by atoms with Crippen LogP contribution in [0.3, 0.4) is 0 Å². The zero-order valence-electron chi connectivity index (χ0n) is 13.1. The molecule has 1 aromatic rings. The molecule has 1 rings (SSSR count). The molecular weight excluding hydrogens is 306 g/mol. The first-order valence-electron chi connectivity index (χ1n) is 7.13. The smallest absolute Gasteiger partial charge is 0.345 e. The van der Waals surface area contributed by atoms with E-state index in [-0.39, 0.29) is 23.9 Å². The van der Waals surface area contributed by atoms with E-state index < -0.39 is 28.6 Å². The molecule has 0 fully saturated rings. The lowest BCUT2D eigenvalue weighted by atomic mass is 9.99. The Morgan fingerprint density at radius 1 is 1.48 bits per heavy atom. The third kappa shape index (κ3) is 4.38. The highest BCUT2D eigenvalue weighted by Gasteiger charge is 2.31. The number of pyridine rings is 1. The second kappa shape index (κ2) is 8.06. The van der Waals surface area contributed by atoms with Crippen molar-refractivity contribution in [2.45, 2.75) is 33.2 Å². The summed E-state index contributed by atoms with van der Waals surface area (Å²) in [5, 5.41) is 23.1. The number of esters is 1. The van der Waals surface area contributed by atoms with Gasteiger partial charge in [-0.2, -0.15) is 0 Å². The van der Waals surface area contributed by atoms with Crippen LogP contribution >= 0.6 is 0 Å². The van der Waals surface area contributed by atoms with Crippen molar-refractivity contribution in [3.63, 3.8) is 0 Å². The number of carbonyl (C=O) groups is 2. The summed E-state index contributed by atoms with van der Waals surface area (Å²) < 4.78 is 4.78. The summed E-state index contributed by atoms with van der Waals surface area (Å²) in [6.45, 7) is 5.14. The van der Waals surface area contributed by atoms with Crippen molar-refractivity contribution in [2.24, 2.45) is 5.92 Å². The van der Waals surface area contributed by atoms with Crippen LogP contribution in [0.4, 0.5) is 11.5 Å². The van der Waals surface area contributed by atoms with Crippen molar-refractivity contribution < 1.29 is 24.4 Å². The van der Waals surface area contributed by atoms with Gasteiger partial charge < -0.3 is 15.2 Å². The molecule has 0 aromatic carbocycles. The van der Waals surface area contributed by atoms with Crippen LogP contribution in [-0.4, -0.2) is 39.6 Å². The van der Waals surface area contributed by atoms with Crippen LogP contribution in [0.5, 0.6) is 0 Å². The highest BCUT2D eigenvalue weighted by Crippen LogP contribution is 2.28. The molecule has 0 bridgehead atoms. The molecule has 0 spiro atoms. The molecule has 1 aromatic heterocycles. The third-order valence-electron chi connectivity index (χ3n) is 3.37. The van der Waals surface area contributed by atoms with E-state index in [1.807, 2.05) is 0 Å². The molecule has 9 nitrogen and oxygen atoms in total. The minimum atomic E-state index is -1.16. The van der Waals surface area contributed by atoms with E-state index in [0.717, 1.165) is 0 Å². The van der Waals surface area contributed by atoms with E-state index in [1.165, 1.54) is 12.3 Å². The largest absolute Gasteiger partial charge is 0.480 e. The van der Waals surface area contributed by atoms with Crippen molar-refractivity contribution in [1.29, 1.82) is 0 Å². The number of nitro groups is 1. The lowest BCUT2D eigenvalue weighted by molar-refractivity contribution is -0.384. The Balaban J connectivity index is 3.30. The number of hydrogen-bond donors (Lipinski definition) is 2. The van der Waals surface area contributed by atoms with E-state index in [0.29, 0.717) is 6.42 Å². The topological polar surface area (TPSA) is 132 Å². The second-order valence-electron chi connectivity index (χ2n) is 4.88. The number of hydrogen-bond acceptors (Lipinski definition) is 7. The molecule has 0 saturated carbocycles. The molecule has 9 heteroatoms. The molecule has 2 atom stereocenters. The van der Waals surface area contributed by atoms with E-state index in [2.05, 4.69) is 10.3 Å². The number of anilines is 1. The van der Waals surface area contributed by atoms with E-state index in [4.69, 9.17) is 4.74 Å². The first-order valence-corrected chi connectivity index (χ1v) is 7.13. The first-order chi connectivity index (χ1) is 10.8. The normalized spacial score (nSPS) is 13.0. The molecule has 0 aliphatic rings. The molecule has 1 heterocycles. The van der Waals surface area contributed by atoms with Gasteiger partial charge in [-0.1, -0.05) is 20.3 Å². The molecule has 0 unspecified atom stereocenters. The van der Waals surface area contributed by atoms with Crippen LogP contribution < -0.4 is 5.32 Å². The number of carboxylic acids is 1. The van der Waals surface area contributed by atoms with Gasteiger partial charge in [0.25, 0.3) is 0 Å². The van der Waals surface area contributed by atoms with Crippen LogP contribution in [0.2, 0.25) is 0 Å². The Kier molecular flexibility index (Phi) is 6.43. The average molecular weight is 325 g/mol. The summed E-state index contributed by atoms with van der Waals surface area (Å²) in [6, 6.07) is 0.101. The predicted molar refractivity (Wildman–Crippen MR) is 81.3 cm³/mol. The quantitative estimate of drug-likeness (QED) is 0.422. The minimum Gasteiger partial charge on any atom is -0.480 e. The number of aromatic nitrogens is 1. The number of nitrogens with one attached hydrogen (secondary N) is 1. The van der Waals surface area contributed by atoms with E-state index in [9.17, 15) is 24.8 Å². The van der Waals surface area contributed by atoms with Crippen molar-refractivity contribution in [2.75, 3.05) is 11.9 Å². The van der Waals surface area contributed by atoms with Gasteiger partial charge in [-0.25, -0.2) is 14.6 Å². The number of nitrogens with zero attached hydrogens (tertiary/aromatic N) is 2. The van der Waals surface area contributed by atoms with Crippen LogP contribution in [0.1, 0.15) is 37.6 Å². The first kappa shape index (κ1) is 18.3. The van der Waals surface area contributed by atoms with Gasteiger partial charge in [-0.05, 0) is 18.9 Å². The fourth-order valence-electron chi connectivity index (χ4n) is 1.95. The van der Waals surface area contributed by atoms with Gasteiger partial charge in [0.2, 0.25) is 5.82 Å². The van der Waals surface area contributed by atoms with Gasteiger partial charge in [0.15, 0.2) is 0 Å². The summed E-state index contributed by atoms with van der Waals surface area (Å²) in [4.78, 5) is 37.5. The van der Waals surface area contributed by atoms with Gasteiger partial charge in [-0.3, -0.25) is 10.1 Å². The fourth-order valence-corrected chi connectivity index (χ4v) is 1.95. The molecule has 0 saturated heterocycles. The number of ether oxygens (including phenoxy) is 1. The SMILES string of the molecule is CCOC(=O)c1ccnc(N[C@H](C(=O)O)[C@@H](C)CC)c1[N+](=O)[O-]. The fraction of sp³-hybridized carbons (Fsp3) is 0.500. The summed E-state index contributed by atoms with van der Waals surface area (Å²) in [5.41, 5.74) is -0.872. The highest BCUT2D eigenvalue weighted by molar-refractivity contribution is 5.96. The molecule has 0 radical (unpaired) electrons. The Labute approximate surface area is 132 Å². The van der Waals surface area contributed by atoms with Crippen molar-refractivity contribution in [1.82, 2.24) is 4.98 Å². The molecule has 0 aliphatic carbocycles. The molecule has 126 valence electrons. The molecule has 0 amide bonds. The Morgan fingerprint density at radius 2 is 2.13 bits per heavy atom. The zero-order chi connectivity index (χ0) is 17.6. The van der Waals surface area contributed by atoms with Crippen molar-refractivity contribution in [3.05, 3.63) is 27.9 Å². The van der Waals surface area contributed by atoms with Gasteiger partial charge in [-0.15, -0.1) is 0 Å².